The lowest BCUT2D eigenvalue weighted by atomic mass is 9.95. The first-order chi connectivity index (χ1) is 22.7. The van der Waals surface area contributed by atoms with E-state index < -0.39 is 0 Å². The van der Waals surface area contributed by atoms with Gasteiger partial charge in [0.05, 0.1) is 24.8 Å². The molecule has 0 unspecified atom stereocenters. The number of fused-ring (bicyclic) bond motifs is 1. The van der Waals surface area contributed by atoms with Crippen molar-refractivity contribution in [3.05, 3.63) is 117 Å². The van der Waals surface area contributed by atoms with Gasteiger partial charge in [-0.3, -0.25) is 9.59 Å². The maximum absolute atomic E-state index is 13.7. The predicted octanol–water partition coefficient (Wildman–Crippen LogP) is 6.81. The fourth-order valence-corrected chi connectivity index (χ4v) is 7.10. The summed E-state index contributed by atoms with van der Waals surface area (Å²) in [5.41, 5.74) is 6.52. The van der Waals surface area contributed by atoms with Gasteiger partial charge in [0.1, 0.15) is 5.00 Å². The molecule has 0 fully saturated rings. The van der Waals surface area contributed by atoms with Gasteiger partial charge in [-0.05, 0) is 103 Å². The number of amides is 2. The minimum atomic E-state index is -0.347. The van der Waals surface area contributed by atoms with Crippen molar-refractivity contribution in [3.63, 3.8) is 0 Å². The van der Waals surface area contributed by atoms with Gasteiger partial charge in [0.25, 0.3) is 11.8 Å². The van der Waals surface area contributed by atoms with E-state index in [1.165, 1.54) is 18.4 Å². The van der Waals surface area contributed by atoms with Gasteiger partial charge in [0.2, 0.25) is 0 Å². The molecule has 0 saturated heterocycles. The van der Waals surface area contributed by atoms with Crippen LogP contribution < -0.4 is 16.0 Å². The van der Waals surface area contributed by atoms with Gasteiger partial charge in [-0.2, -0.15) is 0 Å². The summed E-state index contributed by atoms with van der Waals surface area (Å²) in [6, 6.07) is 22.7. The van der Waals surface area contributed by atoms with E-state index in [1.807, 2.05) is 54.6 Å². The molecule has 246 valence electrons. The fourth-order valence-electron chi connectivity index (χ4n) is 5.81. The van der Waals surface area contributed by atoms with Crippen LogP contribution in [0.5, 0.6) is 0 Å². The normalized spacial score (nSPS) is 13.1. The van der Waals surface area contributed by atoms with Crippen molar-refractivity contribution in [2.75, 3.05) is 24.4 Å². The Kier molecular flexibility index (Phi) is 11.6. The van der Waals surface area contributed by atoms with Gasteiger partial charge in [0, 0.05) is 28.7 Å². The molecule has 0 spiro atoms. The number of rotatable bonds is 13. The van der Waals surface area contributed by atoms with E-state index >= 15 is 0 Å². The van der Waals surface area contributed by atoms with E-state index in [2.05, 4.69) is 29.8 Å². The van der Waals surface area contributed by atoms with Crippen LogP contribution in [0.25, 0.3) is 0 Å². The number of carbonyl (C=O) groups excluding carboxylic acids is 3. The number of benzene rings is 3. The van der Waals surface area contributed by atoms with Gasteiger partial charge in [-0.25, -0.2) is 4.79 Å². The Morgan fingerprint density at radius 3 is 2.17 bits per heavy atom. The molecule has 1 atom stereocenters. The van der Waals surface area contributed by atoms with E-state index in [0.29, 0.717) is 33.9 Å². The number of aliphatic hydroxyl groups is 1. The number of nitrogens with one attached hydrogen (secondary N) is 3. The Bertz CT molecular complexity index is 1700. The lowest BCUT2D eigenvalue weighted by Gasteiger charge is -2.20. The van der Waals surface area contributed by atoms with Crippen molar-refractivity contribution in [1.82, 2.24) is 5.32 Å². The summed E-state index contributed by atoms with van der Waals surface area (Å²) in [6.07, 6.45) is 5.43. The van der Waals surface area contributed by atoms with E-state index in [1.54, 1.807) is 18.2 Å². The summed E-state index contributed by atoms with van der Waals surface area (Å²) in [5.74, 6) is -0.546. The van der Waals surface area contributed by atoms with Crippen LogP contribution in [-0.2, 0) is 37.0 Å². The fraction of sp³-hybridized carbons (Fsp3) is 0.342. The van der Waals surface area contributed by atoms with Gasteiger partial charge < -0.3 is 25.8 Å². The van der Waals surface area contributed by atoms with Crippen molar-refractivity contribution in [1.29, 1.82) is 0 Å². The number of methoxy groups -OCH3 is 1. The van der Waals surface area contributed by atoms with Crippen LogP contribution in [0.15, 0.2) is 72.8 Å². The summed E-state index contributed by atoms with van der Waals surface area (Å²) >= 11 is 1.50. The largest absolute Gasteiger partial charge is 0.465 e. The second-order valence-electron chi connectivity index (χ2n) is 12.3. The van der Waals surface area contributed by atoms with Crippen LogP contribution in [-0.4, -0.2) is 42.6 Å². The highest BCUT2D eigenvalue weighted by atomic mass is 32.1. The maximum Gasteiger partial charge on any atom is 0.337 e. The molecule has 5 rings (SSSR count). The Hall–Kier alpha value is -4.31. The van der Waals surface area contributed by atoms with Crippen LogP contribution in [0, 0.1) is 5.92 Å². The van der Waals surface area contributed by atoms with Crippen LogP contribution in [0.4, 0.5) is 10.7 Å². The molecule has 4 N–H and O–H groups in total. The molecule has 1 aromatic heterocycles. The summed E-state index contributed by atoms with van der Waals surface area (Å²) in [7, 11) is 1.37. The van der Waals surface area contributed by atoms with Crippen LogP contribution >= 0.6 is 11.3 Å². The minimum absolute atomic E-state index is 0.0271. The van der Waals surface area contributed by atoms with Crippen molar-refractivity contribution >= 4 is 39.8 Å². The highest BCUT2D eigenvalue weighted by molar-refractivity contribution is 7.17. The molecular weight excluding hydrogens is 611 g/mol. The number of aryl methyl sites for hydroxylation is 3. The summed E-state index contributed by atoms with van der Waals surface area (Å²) < 4.78 is 4.77. The van der Waals surface area contributed by atoms with Crippen molar-refractivity contribution in [2.45, 2.75) is 65.0 Å². The summed E-state index contributed by atoms with van der Waals surface area (Å²) in [5, 5.41) is 19.7. The highest BCUT2D eigenvalue weighted by Gasteiger charge is 2.27. The first-order valence-corrected chi connectivity index (χ1v) is 17.0. The standard InChI is InChI=1S/C38H43N3O5S/c1-24(2)32(23-42)39-22-27-7-6-8-29(21-27)35(43)41-37-34(31-9-4-5-10-33(31)47-37)36(44)40-30-19-15-26(16-20-30)12-11-25-13-17-28(18-14-25)38(45)46-3/h6-8,13-21,24,32,39,42H,4-5,9-12,22-23H2,1-3H3,(H,40,44)(H,41,43)/t32-/m0/s1. The Morgan fingerprint density at radius 1 is 0.830 bits per heavy atom. The Balaban J connectivity index is 1.25. The van der Waals surface area contributed by atoms with Gasteiger partial charge in [-0.15, -0.1) is 11.3 Å². The maximum atomic E-state index is 13.7. The van der Waals surface area contributed by atoms with E-state index in [9.17, 15) is 19.5 Å². The molecule has 0 bridgehead atoms. The number of thiophene rings is 1. The predicted molar refractivity (Wildman–Crippen MR) is 187 cm³/mol. The molecule has 9 heteroatoms. The van der Waals surface area contributed by atoms with Gasteiger partial charge in [0.15, 0.2) is 0 Å². The average Bonchev–Trinajstić information content (AvgIpc) is 3.46. The van der Waals surface area contributed by atoms with Crippen LogP contribution in [0.1, 0.15) is 84.9 Å². The topological polar surface area (TPSA) is 117 Å². The second-order valence-corrected chi connectivity index (χ2v) is 13.4. The molecule has 0 saturated carbocycles. The zero-order valence-corrected chi connectivity index (χ0v) is 28.0. The minimum Gasteiger partial charge on any atom is -0.465 e. The molecule has 4 aromatic rings. The highest BCUT2D eigenvalue weighted by Crippen LogP contribution is 2.39. The van der Waals surface area contributed by atoms with E-state index in [0.717, 1.165) is 65.7 Å². The molecule has 3 aromatic carbocycles. The quantitative estimate of drug-likeness (QED) is 0.118. The van der Waals surface area contributed by atoms with Crippen LogP contribution in [0.3, 0.4) is 0 Å². The monoisotopic (exact) mass is 653 g/mol. The number of hydrogen-bond donors (Lipinski definition) is 4. The molecule has 0 radical (unpaired) electrons. The Labute approximate surface area is 280 Å². The number of ether oxygens (including phenoxy) is 1. The molecule has 1 heterocycles. The molecule has 47 heavy (non-hydrogen) atoms. The van der Waals surface area contributed by atoms with Crippen molar-refractivity contribution in [2.24, 2.45) is 5.92 Å². The molecule has 0 aliphatic heterocycles. The second kappa shape index (κ2) is 16.0. The Morgan fingerprint density at radius 2 is 1.51 bits per heavy atom. The third-order valence-corrected chi connectivity index (χ3v) is 9.88. The molecule has 2 amide bonds. The smallest absolute Gasteiger partial charge is 0.337 e. The average molecular weight is 654 g/mol. The molecular formula is C38H43N3O5S. The number of carbonyl (C=O) groups is 3. The first kappa shape index (κ1) is 34.0. The lowest BCUT2D eigenvalue weighted by molar-refractivity contribution is 0.0600. The van der Waals surface area contributed by atoms with E-state index in [4.69, 9.17) is 4.74 Å². The van der Waals surface area contributed by atoms with Crippen molar-refractivity contribution < 1.29 is 24.2 Å². The number of anilines is 2. The van der Waals surface area contributed by atoms with E-state index in [-0.39, 0.29) is 36.4 Å². The lowest BCUT2D eigenvalue weighted by Crippen LogP contribution is -2.36. The SMILES string of the molecule is COC(=O)c1ccc(CCc2ccc(NC(=O)c3c(NC(=O)c4cccc(CN[C@@H](CO)C(C)C)c4)sc4c3CCCC4)cc2)cc1. The summed E-state index contributed by atoms with van der Waals surface area (Å²) in [4.78, 5) is 40.0. The molecule has 8 nitrogen and oxygen atoms in total. The third kappa shape index (κ3) is 8.74. The summed E-state index contributed by atoms with van der Waals surface area (Å²) in [6.45, 7) is 4.69. The molecule has 1 aliphatic rings. The zero-order valence-electron chi connectivity index (χ0n) is 27.2. The first-order valence-electron chi connectivity index (χ1n) is 16.2. The van der Waals surface area contributed by atoms with Crippen molar-refractivity contribution in [3.8, 4) is 0 Å². The number of aliphatic hydroxyl groups excluding tert-OH is 1. The number of hydrogen-bond acceptors (Lipinski definition) is 7. The van der Waals surface area contributed by atoms with Crippen LogP contribution in [0.2, 0.25) is 0 Å². The van der Waals surface area contributed by atoms with Gasteiger partial charge >= 0.3 is 5.97 Å². The zero-order chi connectivity index (χ0) is 33.3. The molecule has 1 aliphatic carbocycles. The third-order valence-electron chi connectivity index (χ3n) is 8.67. The number of esters is 1. The van der Waals surface area contributed by atoms with Gasteiger partial charge in [-0.1, -0.05) is 50.2 Å².